The molecule has 0 radical (unpaired) electrons. The van der Waals surface area contributed by atoms with Gasteiger partial charge in [0.05, 0.1) is 17.3 Å². The monoisotopic (exact) mass is 359 g/mol. The van der Waals surface area contributed by atoms with Crippen molar-refractivity contribution in [3.63, 3.8) is 0 Å². The molecule has 5 N–H and O–H groups in total. The first-order valence-corrected chi connectivity index (χ1v) is 9.19. The number of rotatable bonds is 5. The number of aromatic amines is 2. The van der Waals surface area contributed by atoms with Crippen LogP contribution < -0.4 is 11.1 Å². The second-order valence-corrected chi connectivity index (χ2v) is 7.17. The van der Waals surface area contributed by atoms with Crippen LogP contribution in [0.3, 0.4) is 0 Å². The Morgan fingerprint density at radius 3 is 2.93 bits per heavy atom. The second-order valence-electron chi connectivity index (χ2n) is 7.17. The zero-order chi connectivity index (χ0) is 18.4. The van der Waals surface area contributed by atoms with Crippen molar-refractivity contribution in [1.82, 2.24) is 25.1 Å². The lowest BCUT2D eigenvalue weighted by atomic mass is 10.1. The fraction of sp³-hybridized carbons (Fsp3) is 0.250. The van der Waals surface area contributed by atoms with E-state index in [0.717, 1.165) is 22.3 Å². The summed E-state index contributed by atoms with van der Waals surface area (Å²) in [6.07, 6.45) is 6.13. The van der Waals surface area contributed by atoms with Crippen LogP contribution in [0.2, 0.25) is 0 Å². The summed E-state index contributed by atoms with van der Waals surface area (Å²) in [5, 5.41) is 12.0. The minimum Gasteiger partial charge on any atom is -0.383 e. The number of nitrogens with one attached hydrogen (secondary N) is 3. The zero-order valence-corrected chi connectivity index (χ0v) is 15.0. The number of nitrogen functional groups attached to an aromatic ring is 1. The van der Waals surface area contributed by atoms with Gasteiger partial charge >= 0.3 is 0 Å². The minimum absolute atomic E-state index is 0.0569. The van der Waals surface area contributed by atoms with Crippen molar-refractivity contribution in [3.8, 4) is 11.3 Å². The first kappa shape index (κ1) is 15.9. The molecule has 0 amide bonds. The van der Waals surface area contributed by atoms with E-state index in [1.807, 2.05) is 6.20 Å². The summed E-state index contributed by atoms with van der Waals surface area (Å²) in [5.74, 6) is 1.55. The molecule has 7 heteroatoms. The molecule has 0 spiro atoms. The summed E-state index contributed by atoms with van der Waals surface area (Å²) in [6.45, 7) is 2.08. The molecule has 3 heterocycles. The maximum atomic E-state index is 6.18. The summed E-state index contributed by atoms with van der Waals surface area (Å²) in [5.41, 5.74) is 11.2. The van der Waals surface area contributed by atoms with Gasteiger partial charge in [0, 0.05) is 29.5 Å². The number of nitrogens with two attached hydrogens (primary N) is 1. The van der Waals surface area contributed by atoms with E-state index in [0.29, 0.717) is 17.7 Å². The Hall–Kier alpha value is -3.35. The van der Waals surface area contributed by atoms with E-state index in [-0.39, 0.29) is 6.04 Å². The van der Waals surface area contributed by atoms with Crippen LogP contribution >= 0.6 is 0 Å². The van der Waals surface area contributed by atoms with Gasteiger partial charge in [-0.25, -0.2) is 4.98 Å². The predicted octanol–water partition coefficient (Wildman–Crippen LogP) is 3.98. The van der Waals surface area contributed by atoms with Gasteiger partial charge in [-0.3, -0.25) is 5.10 Å². The number of benzene rings is 1. The van der Waals surface area contributed by atoms with Crippen molar-refractivity contribution in [2.45, 2.75) is 31.7 Å². The van der Waals surface area contributed by atoms with Crippen LogP contribution in [0.5, 0.6) is 0 Å². The Kier molecular flexibility index (Phi) is 3.60. The SMILES string of the molecule is CC(Nc1ncc(-c2cc(C3CC3)[nH]n2)c(N)n1)c1ccc2[nH]ccc2c1. The summed E-state index contributed by atoms with van der Waals surface area (Å²) in [4.78, 5) is 12.1. The van der Waals surface area contributed by atoms with Crippen molar-refractivity contribution >= 4 is 22.7 Å². The normalized spacial score (nSPS) is 15.1. The Morgan fingerprint density at radius 2 is 2.11 bits per heavy atom. The van der Waals surface area contributed by atoms with Crippen LogP contribution in [0.1, 0.15) is 43.0 Å². The number of nitrogens with zero attached hydrogens (tertiary/aromatic N) is 3. The highest BCUT2D eigenvalue weighted by molar-refractivity contribution is 5.80. The van der Waals surface area contributed by atoms with Crippen molar-refractivity contribution in [2.24, 2.45) is 0 Å². The Labute approximate surface area is 156 Å². The number of hydrogen-bond donors (Lipinski definition) is 4. The molecule has 136 valence electrons. The molecule has 0 saturated heterocycles. The maximum absolute atomic E-state index is 6.18. The molecule has 4 aromatic rings. The summed E-state index contributed by atoms with van der Waals surface area (Å²) in [7, 11) is 0. The lowest BCUT2D eigenvalue weighted by Crippen LogP contribution is -2.10. The lowest BCUT2D eigenvalue weighted by molar-refractivity contribution is 0.863. The van der Waals surface area contributed by atoms with Gasteiger partial charge in [-0.2, -0.15) is 10.1 Å². The van der Waals surface area contributed by atoms with Crippen molar-refractivity contribution in [2.75, 3.05) is 11.1 Å². The molecule has 7 nitrogen and oxygen atoms in total. The van der Waals surface area contributed by atoms with Crippen LogP contribution in [0.4, 0.5) is 11.8 Å². The smallest absolute Gasteiger partial charge is 0.225 e. The average molecular weight is 359 g/mol. The van der Waals surface area contributed by atoms with E-state index in [1.54, 1.807) is 6.20 Å². The van der Waals surface area contributed by atoms with Gasteiger partial charge in [0.2, 0.25) is 5.95 Å². The highest BCUT2D eigenvalue weighted by Crippen LogP contribution is 2.40. The van der Waals surface area contributed by atoms with Gasteiger partial charge in [-0.05, 0) is 55.0 Å². The van der Waals surface area contributed by atoms with Crippen LogP contribution in [0.15, 0.2) is 42.7 Å². The van der Waals surface area contributed by atoms with Crippen molar-refractivity contribution < 1.29 is 0 Å². The van der Waals surface area contributed by atoms with Gasteiger partial charge in [-0.15, -0.1) is 0 Å². The van der Waals surface area contributed by atoms with E-state index in [9.17, 15) is 0 Å². The molecule has 0 bridgehead atoms. The molecular formula is C20H21N7. The van der Waals surface area contributed by atoms with E-state index in [2.05, 4.69) is 67.7 Å². The minimum atomic E-state index is 0.0569. The van der Waals surface area contributed by atoms with Crippen molar-refractivity contribution in [3.05, 3.63) is 54.0 Å². The number of H-pyrrole nitrogens is 2. The van der Waals surface area contributed by atoms with Crippen molar-refractivity contribution in [1.29, 1.82) is 0 Å². The topological polar surface area (TPSA) is 108 Å². The Morgan fingerprint density at radius 1 is 1.22 bits per heavy atom. The highest BCUT2D eigenvalue weighted by Gasteiger charge is 2.26. The third-order valence-corrected chi connectivity index (χ3v) is 5.13. The number of anilines is 2. The van der Waals surface area contributed by atoms with E-state index < -0.39 is 0 Å². The van der Waals surface area contributed by atoms with Gasteiger partial charge in [0.1, 0.15) is 5.82 Å². The molecule has 1 aliphatic rings. The fourth-order valence-corrected chi connectivity index (χ4v) is 3.36. The van der Waals surface area contributed by atoms with Crippen LogP contribution in [-0.2, 0) is 0 Å². The maximum Gasteiger partial charge on any atom is 0.225 e. The summed E-state index contributed by atoms with van der Waals surface area (Å²) >= 11 is 0. The molecule has 27 heavy (non-hydrogen) atoms. The third kappa shape index (κ3) is 3.01. The first-order chi connectivity index (χ1) is 13.2. The van der Waals surface area contributed by atoms with Crippen LogP contribution in [0, 0.1) is 0 Å². The standard InChI is InChI=1S/C20H21N7/c1-11(13-4-5-16-14(8-13)6-7-22-16)24-20-23-10-15(19(21)25-20)18-9-17(26-27-18)12-2-3-12/h4-12,22H,2-3H2,1H3,(H,26,27)(H3,21,23,24,25). The third-order valence-electron chi connectivity index (χ3n) is 5.13. The summed E-state index contributed by atoms with van der Waals surface area (Å²) in [6, 6.07) is 10.5. The number of aromatic nitrogens is 5. The quantitative estimate of drug-likeness (QED) is 0.431. The molecule has 1 aliphatic carbocycles. The largest absolute Gasteiger partial charge is 0.383 e. The van der Waals surface area contributed by atoms with E-state index in [1.165, 1.54) is 23.9 Å². The summed E-state index contributed by atoms with van der Waals surface area (Å²) < 4.78 is 0. The molecule has 1 saturated carbocycles. The highest BCUT2D eigenvalue weighted by atomic mass is 15.1. The molecule has 3 aromatic heterocycles. The second kappa shape index (κ2) is 6.12. The average Bonchev–Trinajstić information content (AvgIpc) is 3.21. The van der Waals surface area contributed by atoms with Gasteiger partial charge in [-0.1, -0.05) is 6.07 Å². The molecule has 0 aliphatic heterocycles. The van der Waals surface area contributed by atoms with E-state index in [4.69, 9.17) is 5.73 Å². The van der Waals surface area contributed by atoms with Gasteiger partial charge < -0.3 is 16.0 Å². The number of hydrogen-bond acceptors (Lipinski definition) is 5. The van der Waals surface area contributed by atoms with Gasteiger partial charge in [0.25, 0.3) is 0 Å². The van der Waals surface area contributed by atoms with E-state index >= 15 is 0 Å². The zero-order valence-electron chi connectivity index (χ0n) is 15.0. The van der Waals surface area contributed by atoms with Crippen LogP contribution in [-0.4, -0.2) is 25.1 Å². The first-order valence-electron chi connectivity index (χ1n) is 9.19. The molecular weight excluding hydrogens is 338 g/mol. The predicted molar refractivity (Wildman–Crippen MR) is 106 cm³/mol. The fourth-order valence-electron chi connectivity index (χ4n) is 3.36. The molecule has 1 atom stereocenters. The Bertz CT molecular complexity index is 1110. The molecule has 1 unspecified atom stereocenters. The molecule has 1 aromatic carbocycles. The Balaban J connectivity index is 1.36. The molecule has 1 fully saturated rings. The lowest BCUT2D eigenvalue weighted by Gasteiger charge is -2.15. The molecule has 5 rings (SSSR count). The number of fused-ring (bicyclic) bond motifs is 1. The van der Waals surface area contributed by atoms with Crippen LogP contribution in [0.25, 0.3) is 22.2 Å². The van der Waals surface area contributed by atoms with Gasteiger partial charge in [0.15, 0.2) is 0 Å².